The first-order valence-electron chi connectivity index (χ1n) is 4.67. The highest BCUT2D eigenvalue weighted by molar-refractivity contribution is 5.85. The zero-order valence-electron chi connectivity index (χ0n) is 9.06. The molecule has 1 aromatic rings. The van der Waals surface area contributed by atoms with Gasteiger partial charge in [-0.3, -0.25) is 0 Å². The molecule has 3 N–H and O–H groups in total. The van der Waals surface area contributed by atoms with E-state index in [9.17, 15) is 0 Å². The second-order valence-corrected chi connectivity index (χ2v) is 3.45. The van der Waals surface area contributed by atoms with Gasteiger partial charge in [0.15, 0.2) is 0 Å². The Morgan fingerprint density at radius 3 is 2.60 bits per heavy atom. The highest BCUT2D eigenvalue weighted by Gasteiger charge is 2.04. The number of aliphatic hydroxyl groups is 1. The van der Waals surface area contributed by atoms with Crippen molar-refractivity contribution in [1.29, 1.82) is 0 Å². The Hall–Kier alpha value is -0.770. The number of halogens is 1. The molecule has 0 aromatic heterocycles. The van der Waals surface area contributed by atoms with Gasteiger partial charge in [0.1, 0.15) is 5.75 Å². The number of aryl methyl sites for hydroxylation is 1. The van der Waals surface area contributed by atoms with Crippen molar-refractivity contribution in [2.75, 3.05) is 13.7 Å². The molecule has 0 aliphatic heterocycles. The zero-order valence-corrected chi connectivity index (χ0v) is 9.88. The second-order valence-electron chi connectivity index (χ2n) is 3.45. The van der Waals surface area contributed by atoms with Crippen LogP contribution in [-0.4, -0.2) is 24.9 Å². The fourth-order valence-corrected chi connectivity index (χ4v) is 1.43. The lowest BCUT2D eigenvalue weighted by molar-refractivity contribution is 0.265. The molecule has 0 spiro atoms. The monoisotopic (exact) mass is 231 g/mol. The first-order chi connectivity index (χ1) is 6.67. The van der Waals surface area contributed by atoms with Crippen LogP contribution in [0.3, 0.4) is 0 Å². The predicted molar refractivity (Wildman–Crippen MR) is 63.7 cm³/mol. The van der Waals surface area contributed by atoms with E-state index in [1.165, 1.54) is 0 Å². The molecule has 1 unspecified atom stereocenters. The molecule has 3 nitrogen and oxygen atoms in total. The van der Waals surface area contributed by atoms with Crippen LogP contribution in [0.2, 0.25) is 0 Å². The summed E-state index contributed by atoms with van der Waals surface area (Å²) in [5, 5.41) is 8.82. The van der Waals surface area contributed by atoms with Crippen LogP contribution in [0.4, 0.5) is 0 Å². The smallest absolute Gasteiger partial charge is 0.121 e. The van der Waals surface area contributed by atoms with E-state index in [2.05, 4.69) is 0 Å². The molecule has 0 saturated carbocycles. The lowest BCUT2D eigenvalue weighted by atomic mass is 10.0. The maximum Gasteiger partial charge on any atom is 0.121 e. The average molecular weight is 232 g/mol. The normalized spacial score (nSPS) is 11.7. The van der Waals surface area contributed by atoms with E-state index in [1.807, 2.05) is 25.1 Å². The number of nitrogens with two attached hydrogens (primary N) is 1. The SMILES string of the molecule is COc1ccc(CC(N)CO)cc1C.Cl. The molecule has 0 heterocycles. The van der Waals surface area contributed by atoms with E-state index in [0.717, 1.165) is 16.9 Å². The molecule has 4 heteroatoms. The summed E-state index contributed by atoms with van der Waals surface area (Å²) < 4.78 is 5.15. The Morgan fingerprint density at radius 2 is 2.13 bits per heavy atom. The van der Waals surface area contributed by atoms with Crippen LogP contribution >= 0.6 is 12.4 Å². The summed E-state index contributed by atoms with van der Waals surface area (Å²) in [6.07, 6.45) is 0.696. The van der Waals surface area contributed by atoms with Gasteiger partial charge in [0.05, 0.1) is 13.7 Å². The van der Waals surface area contributed by atoms with Gasteiger partial charge in [-0.2, -0.15) is 0 Å². The van der Waals surface area contributed by atoms with Gasteiger partial charge in [-0.05, 0) is 30.5 Å². The van der Waals surface area contributed by atoms with Crippen molar-refractivity contribution < 1.29 is 9.84 Å². The number of aliphatic hydroxyl groups excluding tert-OH is 1. The molecule has 1 rings (SSSR count). The Balaban J connectivity index is 0.00000196. The molecule has 0 bridgehead atoms. The van der Waals surface area contributed by atoms with Crippen LogP contribution in [0.5, 0.6) is 5.75 Å². The number of hydrogen-bond acceptors (Lipinski definition) is 3. The maximum atomic E-state index is 8.82. The molecular formula is C11H18ClNO2. The molecule has 0 radical (unpaired) electrons. The van der Waals surface area contributed by atoms with Crippen molar-refractivity contribution in [2.24, 2.45) is 5.73 Å². The third-order valence-corrected chi connectivity index (χ3v) is 2.19. The maximum absolute atomic E-state index is 8.82. The summed E-state index contributed by atoms with van der Waals surface area (Å²) in [7, 11) is 1.65. The van der Waals surface area contributed by atoms with Crippen LogP contribution in [0.15, 0.2) is 18.2 Å². The highest BCUT2D eigenvalue weighted by atomic mass is 35.5. The van der Waals surface area contributed by atoms with E-state index in [-0.39, 0.29) is 25.1 Å². The molecule has 0 aliphatic carbocycles. The summed E-state index contributed by atoms with van der Waals surface area (Å²) in [6, 6.07) is 5.76. The largest absolute Gasteiger partial charge is 0.496 e. The Morgan fingerprint density at radius 1 is 1.47 bits per heavy atom. The molecule has 0 aliphatic rings. The number of rotatable bonds is 4. The van der Waals surface area contributed by atoms with Gasteiger partial charge < -0.3 is 15.6 Å². The summed E-state index contributed by atoms with van der Waals surface area (Å²) in [5.74, 6) is 0.881. The van der Waals surface area contributed by atoms with Crippen LogP contribution in [0.1, 0.15) is 11.1 Å². The third-order valence-electron chi connectivity index (χ3n) is 2.19. The van der Waals surface area contributed by atoms with Gasteiger partial charge >= 0.3 is 0 Å². The van der Waals surface area contributed by atoms with Gasteiger partial charge in [-0.1, -0.05) is 12.1 Å². The van der Waals surface area contributed by atoms with Gasteiger partial charge in [-0.15, -0.1) is 12.4 Å². The van der Waals surface area contributed by atoms with Crippen molar-refractivity contribution in [3.05, 3.63) is 29.3 Å². The Bertz CT molecular complexity index is 305. The molecule has 1 aromatic carbocycles. The van der Waals surface area contributed by atoms with Gasteiger partial charge in [0, 0.05) is 6.04 Å². The third kappa shape index (κ3) is 4.08. The van der Waals surface area contributed by atoms with E-state index < -0.39 is 0 Å². The number of ether oxygens (including phenoxy) is 1. The Kier molecular flexibility index (Phi) is 6.32. The molecule has 1 atom stereocenters. The molecule has 0 saturated heterocycles. The number of hydrogen-bond donors (Lipinski definition) is 2. The minimum atomic E-state index is -0.178. The van der Waals surface area contributed by atoms with Crippen molar-refractivity contribution >= 4 is 12.4 Å². The number of methoxy groups -OCH3 is 1. The van der Waals surface area contributed by atoms with E-state index in [1.54, 1.807) is 7.11 Å². The minimum absolute atomic E-state index is 0. The summed E-state index contributed by atoms with van der Waals surface area (Å²) >= 11 is 0. The van der Waals surface area contributed by atoms with E-state index >= 15 is 0 Å². The predicted octanol–water partition coefficient (Wildman–Crippen LogP) is 1.29. The molecule has 86 valence electrons. The lowest BCUT2D eigenvalue weighted by Gasteiger charge is -2.10. The zero-order chi connectivity index (χ0) is 10.6. The van der Waals surface area contributed by atoms with Gasteiger partial charge in [-0.25, -0.2) is 0 Å². The van der Waals surface area contributed by atoms with Crippen molar-refractivity contribution in [2.45, 2.75) is 19.4 Å². The molecule has 0 amide bonds. The summed E-state index contributed by atoms with van der Waals surface area (Å²) in [4.78, 5) is 0. The van der Waals surface area contributed by atoms with E-state index in [4.69, 9.17) is 15.6 Å². The van der Waals surface area contributed by atoms with Crippen LogP contribution in [-0.2, 0) is 6.42 Å². The quantitative estimate of drug-likeness (QED) is 0.821. The standard InChI is InChI=1S/C11H17NO2.ClH/c1-8-5-9(6-10(12)7-13)3-4-11(8)14-2;/h3-5,10,13H,6-7,12H2,1-2H3;1H. The molecule has 0 fully saturated rings. The number of benzene rings is 1. The van der Waals surface area contributed by atoms with Gasteiger partial charge in [0.2, 0.25) is 0 Å². The Labute approximate surface area is 96.7 Å². The van der Waals surface area contributed by atoms with Crippen molar-refractivity contribution in [3.8, 4) is 5.75 Å². The topological polar surface area (TPSA) is 55.5 Å². The first kappa shape index (κ1) is 14.2. The minimum Gasteiger partial charge on any atom is -0.496 e. The average Bonchev–Trinajstić information content (AvgIpc) is 2.18. The summed E-state index contributed by atoms with van der Waals surface area (Å²) in [5.41, 5.74) is 7.87. The molecule has 15 heavy (non-hydrogen) atoms. The van der Waals surface area contributed by atoms with Crippen molar-refractivity contribution in [3.63, 3.8) is 0 Å². The van der Waals surface area contributed by atoms with Crippen LogP contribution in [0.25, 0.3) is 0 Å². The fourth-order valence-electron chi connectivity index (χ4n) is 1.43. The second kappa shape index (κ2) is 6.67. The van der Waals surface area contributed by atoms with Crippen molar-refractivity contribution in [1.82, 2.24) is 0 Å². The van der Waals surface area contributed by atoms with Crippen LogP contribution < -0.4 is 10.5 Å². The molecular weight excluding hydrogens is 214 g/mol. The van der Waals surface area contributed by atoms with Crippen LogP contribution in [0, 0.1) is 6.92 Å². The van der Waals surface area contributed by atoms with E-state index in [0.29, 0.717) is 6.42 Å². The summed E-state index contributed by atoms with van der Waals surface area (Å²) in [6.45, 7) is 2.01. The fraction of sp³-hybridized carbons (Fsp3) is 0.455. The van der Waals surface area contributed by atoms with Gasteiger partial charge in [0.25, 0.3) is 0 Å². The highest BCUT2D eigenvalue weighted by Crippen LogP contribution is 2.18. The lowest BCUT2D eigenvalue weighted by Crippen LogP contribution is -2.26. The first-order valence-corrected chi connectivity index (χ1v) is 4.67.